The molecule has 35 heavy (non-hydrogen) atoms. The molecule has 4 unspecified atom stereocenters. The fourth-order valence-electron chi connectivity index (χ4n) is 4.03. The highest BCUT2D eigenvalue weighted by molar-refractivity contribution is 5.59. The molecule has 4 rings (SSSR count). The smallest absolute Gasteiger partial charge is 0.165 e. The van der Waals surface area contributed by atoms with Crippen LogP contribution in [0.4, 0.5) is 4.39 Å². The average Bonchev–Trinajstić information content (AvgIpc) is 3.51. The molecule has 1 aromatic carbocycles. The first-order chi connectivity index (χ1) is 16.7. The van der Waals surface area contributed by atoms with E-state index in [1.165, 1.54) is 28.7 Å². The Morgan fingerprint density at radius 3 is 2.71 bits per heavy atom. The number of phenols is 1. The molecular weight excluding hydrogens is 455 g/mol. The fourth-order valence-corrected chi connectivity index (χ4v) is 4.03. The molecule has 3 aromatic rings. The summed E-state index contributed by atoms with van der Waals surface area (Å²) in [6.45, 7) is 7.59. The number of aromatic hydroxyl groups is 1. The molecule has 0 saturated carbocycles. The topological polar surface area (TPSA) is 131 Å². The van der Waals surface area contributed by atoms with Gasteiger partial charge in [-0.1, -0.05) is 16.4 Å². The van der Waals surface area contributed by atoms with Crippen LogP contribution in [0.15, 0.2) is 47.9 Å². The number of nitrogens with zero attached hydrogens (tertiary/aromatic N) is 6. The number of ether oxygens (including phenoxy) is 1. The first kappa shape index (κ1) is 24.7. The van der Waals surface area contributed by atoms with Gasteiger partial charge in [0, 0.05) is 17.7 Å². The van der Waals surface area contributed by atoms with E-state index < -0.39 is 42.5 Å². The van der Waals surface area contributed by atoms with Gasteiger partial charge in [0.05, 0.1) is 18.8 Å². The van der Waals surface area contributed by atoms with Gasteiger partial charge >= 0.3 is 0 Å². The molecule has 1 aliphatic heterocycles. The molecular formula is C24H29FN6O4. The number of aliphatic hydroxyl groups is 2. The molecule has 0 spiro atoms. The van der Waals surface area contributed by atoms with E-state index in [-0.39, 0.29) is 6.42 Å². The summed E-state index contributed by atoms with van der Waals surface area (Å²) in [5, 5.41) is 42.8. The van der Waals surface area contributed by atoms with Gasteiger partial charge in [-0.05, 0) is 52.0 Å². The lowest BCUT2D eigenvalue weighted by molar-refractivity contribution is -0.161. The average molecular weight is 485 g/mol. The largest absolute Gasteiger partial charge is 0.505 e. The van der Waals surface area contributed by atoms with E-state index in [1.54, 1.807) is 10.9 Å². The number of aromatic nitrogens is 6. The van der Waals surface area contributed by atoms with Crippen molar-refractivity contribution in [1.29, 1.82) is 0 Å². The quantitative estimate of drug-likeness (QED) is 0.455. The van der Waals surface area contributed by atoms with E-state index in [1.807, 2.05) is 33.8 Å². The molecule has 0 aliphatic carbocycles. The normalized spacial score (nSPS) is 22.9. The molecule has 186 valence electrons. The zero-order valence-electron chi connectivity index (χ0n) is 20.0. The third-order valence-corrected chi connectivity index (χ3v) is 6.25. The number of phenolic OH excluding ortho intramolecular Hbond substituents is 1. The van der Waals surface area contributed by atoms with E-state index in [4.69, 9.17) is 4.74 Å². The summed E-state index contributed by atoms with van der Waals surface area (Å²) in [6.07, 6.45) is 2.79. The molecule has 1 saturated heterocycles. The molecule has 3 heterocycles. The van der Waals surface area contributed by atoms with Gasteiger partial charge in [-0.25, -0.2) is 18.7 Å². The maximum absolute atomic E-state index is 13.8. The van der Waals surface area contributed by atoms with Crippen LogP contribution in [0.25, 0.3) is 17.0 Å². The maximum Gasteiger partial charge on any atom is 0.165 e. The highest BCUT2D eigenvalue weighted by Gasteiger charge is 2.41. The lowest BCUT2D eigenvalue weighted by Crippen LogP contribution is -2.45. The number of halogens is 1. The Kier molecular flexibility index (Phi) is 7.10. The molecule has 1 aliphatic rings. The van der Waals surface area contributed by atoms with Crippen LogP contribution in [0.5, 0.6) is 5.75 Å². The van der Waals surface area contributed by atoms with Crippen molar-refractivity contribution in [3.63, 3.8) is 0 Å². The minimum atomic E-state index is -1.07. The van der Waals surface area contributed by atoms with Crippen molar-refractivity contribution >= 4 is 5.70 Å². The van der Waals surface area contributed by atoms with Crippen molar-refractivity contribution in [2.45, 2.75) is 58.5 Å². The molecule has 0 bridgehead atoms. The van der Waals surface area contributed by atoms with E-state index in [0.29, 0.717) is 17.1 Å². The maximum atomic E-state index is 13.8. The number of hydrogen-bond donors (Lipinski definition) is 3. The van der Waals surface area contributed by atoms with Crippen molar-refractivity contribution in [2.75, 3.05) is 6.61 Å². The molecule has 3 N–H and O–H groups in total. The Balaban J connectivity index is 1.65. The summed E-state index contributed by atoms with van der Waals surface area (Å²) in [4.78, 5) is 4.40. The van der Waals surface area contributed by atoms with Gasteiger partial charge in [-0.3, -0.25) is 0 Å². The van der Waals surface area contributed by atoms with Gasteiger partial charge in [-0.15, -0.1) is 5.10 Å². The third-order valence-electron chi connectivity index (χ3n) is 6.25. The van der Waals surface area contributed by atoms with Gasteiger partial charge in [0.1, 0.15) is 30.3 Å². The summed E-state index contributed by atoms with van der Waals surface area (Å²) in [5.41, 5.74) is 3.94. The minimum absolute atomic E-state index is 0.290. The Bertz CT molecular complexity index is 1260. The predicted molar refractivity (Wildman–Crippen MR) is 125 cm³/mol. The molecule has 2 aromatic heterocycles. The highest BCUT2D eigenvalue weighted by Crippen LogP contribution is 2.38. The standard InChI is InChI=1S/C24H29FN6O4/c1-13(2)14(3)7-15(4)31-24(26-12-27-31)21-9-19(23(34)22(11-32)35-21)30-10-18(28-29-30)16-5-6-20(33)17(25)8-16/h5-8,10,12,19,21-23,32-34H,9,11H2,1-4H3/b15-7+. The second-order valence-corrected chi connectivity index (χ2v) is 8.89. The molecule has 4 atom stereocenters. The predicted octanol–water partition coefficient (Wildman–Crippen LogP) is 3.02. The van der Waals surface area contributed by atoms with Gasteiger partial charge in [0.25, 0.3) is 0 Å². The zero-order chi connectivity index (χ0) is 25.3. The summed E-state index contributed by atoms with van der Waals surface area (Å²) in [7, 11) is 0. The molecule has 0 radical (unpaired) electrons. The minimum Gasteiger partial charge on any atom is -0.505 e. The van der Waals surface area contributed by atoms with E-state index >= 15 is 0 Å². The van der Waals surface area contributed by atoms with Crippen LogP contribution in [0.2, 0.25) is 0 Å². The van der Waals surface area contributed by atoms with E-state index in [0.717, 1.165) is 17.3 Å². The Labute approximate surface area is 202 Å². The summed E-state index contributed by atoms with van der Waals surface area (Å²) < 4.78 is 23.0. The van der Waals surface area contributed by atoms with Crippen LogP contribution >= 0.6 is 0 Å². The van der Waals surface area contributed by atoms with Crippen LogP contribution in [-0.4, -0.2) is 63.9 Å². The lowest BCUT2D eigenvalue weighted by Gasteiger charge is -2.38. The number of benzene rings is 1. The van der Waals surface area contributed by atoms with E-state index in [2.05, 4.69) is 20.4 Å². The van der Waals surface area contributed by atoms with Crippen molar-refractivity contribution in [3.05, 3.63) is 59.6 Å². The molecule has 0 amide bonds. The van der Waals surface area contributed by atoms with Crippen molar-refractivity contribution in [3.8, 4) is 17.0 Å². The Morgan fingerprint density at radius 2 is 2.03 bits per heavy atom. The number of aliphatic hydroxyl groups excluding tert-OH is 2. The first-order valence-electron chi connectivity index (χ1n) is 11.3. The number of hydrogen-bond acceptors (Lipinski definition) is 8. The monoisotopic (exact) mass is 484 g/mol. The second kappa shape index (κ2) is 10.1. The molecule has 10 nitrogen and oxygen atoms in total. The zero-order valence-corrected chi connectivity index (χ0v) is 20.0. The molecule has 1 fully saturated rings. The van der Waals surface area contributed by atoms with Crippen molar-refractivity contribution in [1.82, 2.24) is 29.8 Å². The second-order valence-electron chi connectivity index (χ2n) is 8.89. The van der Waals surface area contributed by atoms with Crippen molar-refractivity contribution in [2.24, 2.45) is 0 Å². The summed E-state index contributed by atoms with van der Waals surface area (Å²) in [6, 6.07) is 3.33. The van der Waals surface area contributed by atoms with Gasteiger partial charge in [0.15, 0.2) is 17.4 Å². The third kappa shape index (κ3) is 5.02. The number of allylic oxidation sites excluding steroid dienone is 4. The van der Waals surface area contributed by atoms with Crippen LogP contribution in [0, 0.1) is 5.82 Å². The highest BCUT2D eigenvalue weighted by atomic mass is 19.1. The van der Waals surface area contributed by atoms with E-state index in [9.17, 15) is 19.7 Å². The summed E-state index contributed by atoms with van der Waals surface area (Å²) >= 11 is 0. The van der Waals surface area contributed by atoms with Crippen LogP contribution in [-0.2, 0) is 4.74 Å². The number of rotatable bonds is 6. The van der Waals surface area contributed by atoms with Crippen LogP contribution in [0.3, 0.4) is 0 Å². The van der Waals surface area contributed by atoms with Gasteiger partial charge in [0.2, 0.25) is 0 Å². The first-order valence-corrected chi connectivity index (χ1v) is 11.3. The van der Waals surface area contributed by atoms with Crippen molar-refractivity contribution < 1.29 is 24.4 Å². The Hall–Kier alpha value is -3.41. The lowest BCUT2D eigenvalue weighted by atomic mass is 9.95. The molecule has 11 heteroatoms. The summed E-state index contributed by atoms with van der Waals surface area (Å²) in [5.74, 6) is -0.686. The van der Waals surface area contributed by atoms with Crippen LogP contribution < -0.4 is 0 Å². The fraction of sp³-hybridized carbons (Fsp3) is 0.417. The van der Waals surface area contributed by atoms with Gasteiger partial charge in [-0.2, -0.15) is 5.10 Å². The SMILES string of the molecule is CC(C)=C(C)/C=C(\C)n1ncnc1C1CC(n2cc(-c3ccc(O)c(F)c3)nn2)C(O)C(CO)O1. The van der Waals surface area contributed by atoms with Crippen LogP contribution in [0.1, 0.15) is 52.1 Å². The van der Waals surface area contributed by atoms with Gasteiger partial charge < -0.3 is 20.1 Å². The Morgan fingerprint density at radius 1 is 1.26 bits per heavy atom.